The smallest absolute Gasteiger partial charge is 0.323 e. The molecule has 0 spiro atoms. The molecule has 0 aromatic heterocycles. The van der Waals surface area contributed by atoms with Crippen LogP contribution in [0.15, 0.2) is 0 Å². The molecule has 0 heterocycles. The Hall–Kier alpha value is -1.10. The highest BCUT2D eigenvalue weighted by molar-refractivity contribution is 5.77. The molecule has 0 aliphatic heterocycles. The molecule has 0 amide bonds. The lowest BCUT2D eigenvalue weighted by atomic mass is 10.0. The average Bonchev–Trinajstić information content (AvgIpc) is 2.24. The zero-order valence-electron chi connectivity index (χ0n) is 11.1. The van der Waals surface area contributed by atoms with Crippen molar-refractivity contribution in [2.45, 2.75) is 40.2 Å². The van der Waals surface area contributed by atoms with Gasteiger partial charge in [-0.25, -0.2) is 0 Å². The van der Waals surface area contributed by atoms with Crippen molar-refractivity contribution in [1.82, 2.24) is 5.32 Å². The summed E-state index contributed by atoms with van der Waals surface area (Å²) in [7, 11) is 0. The molecule has 1 unspecified atom stereocenters. The first kappa shape index (κ1) is 15.9. The molecule has 0 fully saturated rings. The summed E-state index contributed by atoms with van der Waals surface area (Å²) in [4.78, 5) is 22.8. The van der Waals surface area contributed by atoms with E-state index in [1.807, 2.05) is 13.8 Å². The Balaban J connectivity index is 4.18. The normalized spacial score (nSPS) is 12.3. The van der Waals surface area contributed by atoms with Crippen LogP contribution in [0.1, 0.15) is 34.1 Å². The minimum Gasteiger partial charge on any atom is -0.465 e. The molecule has 0 aliphatic rings. The quantitative estimate of drug-likeness (QED) is 0.649. The first-order chi connectivity index (χ1) is 8.01. The summed E-state index contributed by atoms with van der Waals surface area (Å²) in [5.41, 5.74) is 0. The molecule has 0 saturated heterocycles. The molecule has 5 nitrogen and oxygen atoms in total. The Kier molecular flexibility index (Phi) is 8.40. The first-order valence-corrected chi connectivity index (χ1v) is 6.06. The van der Waals surface area contributed by atoms with E-state index in [0.29, 0.717) is 25.6 Å². The molecule has 0 rings (SSSR count). The van der Waals surface area contributed by atoms with E-state index in [0.717, 1.165) is 0 Å². The lowest BCUT2D eigenvalue weighted by Gasteiger charge is -2.18. The Morgan fingerprint density at radius 3 is 2.18 bits per heavy atom. The predicted octanol–water partition coefficient (Wildman–Crippen LogP) is 1.12. The van der Waals surface area contributed by atoms with Gasteiger partial charge >= 0.3 is 11.9 Å². The maximum Gasteiger partial charge on any atom is 0.323 e. The molecule has 0 bridgehead atoms. The second kappa shape index (κ2) is 8.98. The van der Waals surface area contributed by atoms with Crippen LogP contribution in [0.4, 0.5) is 0 Å². The number of ether oxygens (including phenoxy) is 2. The van der Waals surface area contributed by atoms with Crippen LogP contribution in [0.25, 0.3) is 0 Å². The summed E-state index contributed by atoms with van der Waals surface area (Å²) in [6.07, 6.45) is 0.637. The van der Waals surface area contributed by atoms with E-state index in [1.54, 1.807) is 13.8 Å². The number of hydrogen-bond donors (Lipinski definition) is 1. The van der Waals surface area contributed by atoms with Crippen LogP contribution in [0, 0.1) is 5.92 Å². The lowest BCUT2D eigenvalue weighted by molar-refractivity contribution is -0.147. The Morgan fingerprint density at radius 1 is 1.12 bits per heavy atom. The number of carbonyl (C=O) groups excluding carboxylic acids is 2. The third-order valence-electron chi connectivity index (χ3n) is 2.08. The van der Waals surface area contributed by atoms with Gasteiger partial charge in [-0.3, -0.25) is 14.9 Å². The van der Waals surface area contributed by atoms with Crippen LogP contribution in [-0.2, 0) is 19.1 Å². The number of hydrogen-bond acceptors (Lipinski definition) is 5. The molecule has 0 aromatic rings. The van der Waals surface area contributed by atoms with Gasteiger partial charge in [0.05, 0.1) is 19.8 Å². The maximum absolute atomic E-state index is 11.6. The molecule has 17 heavy (non-hydrogen) atoms. The second-order valence-electron chi connectivity index (χ2n) is 4.12. The van der Waals surface area contributed by atoms with Crippen LogP contribution in [0.3, 0.4) is 0 Å². The van der Waals surface area contributed by atoms with Crippen molar-refractivity contribution in [2.24, 2.45) is 5.92 Å². The summed E-state index contributed by atoms with van der Waals surface area (Å²) in [5, 5.41) is 2.87. The van der Waals surface area contributed by atoms with E-state index in [1.165, 1.54) is 0 Å². The summed E-state index contributed by atoms with van der Waals surface area (Å²) in [6.45, 7) is 8.24. The van der Waals surface area contributed by atoms with Crippen molar-refractivity contribution >= 4 is 11.9 Å². The fourth-order valence-electron chi connectivity index (χ4n) is 1.40. The van der Waals surface area contributed by atoms with E-state index < -0.39 is 6.04 Å². The van der Waals surface area contributed by atoms with E-state index in [-0.39, 0.29) is 18.5 Å². The van der Waals surface area contributed by atoms with Crippen LogP contribution < -0.4 is 5.32 Å². The number of carbonyl (C=O) groups is 2. The summed E-state index contributed by atoms with van der Waals surface area (Å²) in [5.74, 6) is -0.324. The van der Waals surface area contributed by atoms with Gasteiger partial charge in [-0.2, -0.15) is 0 Å². The van der Waals surface area contributed by atoms with E-state index in [2.05, 4.69) is 5.32 Å². The number of rotatable bonds is 8. The molecule has 0 saturated carbocycles. The average molecular weight is 245 g/mol. The fourth-order valence-corrected chi connectivity index (χ4v) is 1.40. The molecule has 5 heteroatoms. The van der Waals surface area contributed by atoms with Crippen molar-refractivity contribution < 1.29 is 19.1 Å². The molecule has 0 aromatic carbocycles. The van der Waals surface area contributed by atoms with Gasteiger partial charge in [-0.15, -0.1) is 0 Å². The summed E-state index contributed by atoms with van der Waals surface area (Å²) < 4.78 is 9.73. The van der Waals surface area contributed by atoms with Crippen LogP contribution in [-0.4, -0.2) is 37.7 Å². The van der Waals surface area contributed by atoms with E-state index in [4.69, 9.17) is 9.47 Å². The highest BCUT2D eigenvalue weighted by atomic mass is 16.5. The van der Waals surface area contributed by atoms with Gasteiger partial charge in [0.2, 0.25) is 0 Å². The minimum atomic E-state index is -0.445. The third-order valence-corrected chi connectivity index (χ3v) is 2.08. The number of esters is 2. The fraction of sp³-hybridized carbons (Fsp3) is 0.833. The van der Waals surface area contributed by atoms with Gasteiger partial charge in [0.1, 0.15) is 6.04 Å². The van der Waals surface area contributed by atoms with Crippen molar-refractivity contribution in [3.05, 3.63) is 0 Å². The Morgan fingerprint density at radius 2 is 1.71 bits per heavy atom. The van der Waals surface area contributed by atoms with E-state index >= 15 is 0 Å². The second-order valence-corrected chi connectivity index (χ2v) is 4.12. The molecular weight excluding hydrogens is 222 g/mol. The molecule has 0 radical (unpaired) electrons. The maximum atomic E-state index is 11.6. The first-order valence-electron chi connectivity index (χ1n) is 6.06. The lowest BCUT2D eigenvalue weighted by Crippen LogP contribution is -2.42. The van der Waals surface area contributed by atoms with Gasteiger partial charge < -0.3 is 9.47 Å². The predicted molar refractivity (Wildman–Crippen MR) is 64.5 cm³/mol. The van der Waals surface area contributed by atoms with Crippen LogP contribution >= 0.6 is 0 Å². The van der Waals surface area contributed by atoms with Crippen molar-refractivity contribution in [3.63, 3.8) is 0 Å². The minimum absolute atomic E-state index is 0.0318. The van der Waals surface area contributed by atoms with Gasteiger partial charge in [-0.1, -0.05) is 13.8 Å². The zero-order chi connectivity index (χ0) is 13.3. The SMILES string of the molecule is CCOC(=O)CNC(CC(C)C)C(=O)OCC. The van der Waals surface area contributed by atoms with Crippen molar-refractivity contribution in [3.8, 4) is 0 Å². The summed E-state index contributed by atoms with van der Waals surface area (Å²) >= 11 is 0. The zero-order valence-corrected chi connectivity index (χ0v) is 11.1. The standard InChI is InChI=1S/C12H23NO4/c1-5-16-11(14)8-13-10(7-9(3)4)12(15)17-6-2/h9-10,13H,5-8H2,1-4H3. The Bertz CT molecular complexity index is 241. The van der Waals surface area contributed by atoms with E-state index in [9.17, 15) is 9.59 Å². The van der Waals surface area contributed by atoms with Crippen molar-refractivity contribution in [1.29, 1.82) is 0 Å². The molecule has 1 N–H and O–H groups in total. The van der Waals surface area contributed by atoms with Gasteiger partial charge in [0.15, 0.2) is 0 Å². The van der Waals surface area contributed by atoms with Crippen LogP contribution in [0.2, 0.25) is 0 Å². The third kappa shape index (κ3) is 7.74. The topological polar surface area (TPSA) is 64.6 Å². The molecule has 100 valence electrons. The van der Waals surface area contributed by atoms with Gasteiger partial charge in [0.25, 0.3) is 0 Å². The highest BCUT2D eigenvalue weighted by Gasteiger charge is 2.21. The summed E-state index contributed by atoms with van der Waals surface area (Å²) in [6, 6.07) is -0.445. The Labute approximate surface area is 103 Å². The largest absolute Gasteiger partial charge is 0.465 e. The van der Waals surface area contributed by atoms with Crippen LogP contribution in [0.5, 0.6) is 0 Å². The van der Waals surface area contributed by atoms with Gasteiger partial charge in [0, 0.05) is 0 Å². The molecular formula is C12H23NO4. The highest BCUT2D eigenvalue weighted by Crippen LogP contribution is 2.06. The molecule has 0 aliphatic carbocycles. The van der Waals surface area contributed by atoms with Crippen molar-refractivity contribution in [2.75, 3.05) is 19.8 Å². The van der Waals surface area contributed by atoms with Gasteiger partial charge in [-0.05, 0) is 26.2 Å². The molecule has 1 atom stereocenters. The monoisotopic (exact) mass is 245 g/mol. The number of nitrogens with one attached hydrogen (secondary N) is 1.